The topological polar surface area (TPSA) is 81.2 Å². The molecule has 0 amide bonds. The highest BCUT2D eigenvalue weighted by atomic mass is 32.2. The summed E-state index contributed by atoms with van der Waals surface area (Å²) in [6.07, 6.45) is 3.36. The van der Waals surface area contributed by atoms with Crippen molar-refractivity contribution in [3.05, 3.63) is 35.1 Å². The number of carboxylic acids is 1. The molecule has 0 radical (unpaired) electrons. The lowest BCUT2D eigenvalue weighted by Crippen LogP contribution is -2.47. The molecule has 0 aliphatic carbocycles. The van der Waals surface area contributed by atoms with Gasteiger partial charge >= 0.3 is 5.97 Å². The Labute approximate surface area is 165 Å². The highest BCUT2D eigenvalue weighted by molar-refractivity contribution is 7.86. The third-order valence-electron chi connectivity index (χ3n) is 5.55. The number of piperidine rings is 1. The van der Waals surface area contributed by atoms with Gasteiger partial charge in [0.1, 0.15) is 11.9 Å². The molecule has 156 valence electrons. The van der Waals surface area contributed by atoms with Gasteiger partial charge in [0.2, 0.25) is 0 Å². The second-order valence-electron chi connectivity index (χ2n) is 7.51. The van der Waals surface area contributed by atoms with Crippen molar-refractivity contribution in [2.75, 3.05) is 39.3 Å². The predicted octanol–water partition coefficient (Wildman–Crippen LogP) is 2.00. The van der Waals surface area contributed by atoms with Crippen LogP contribution in [0.3, 0.4) is 0 Å². The standard InChI is InChI=1S/C19H28FN3O4S/c1-15-14-16(6-7-17(15)20)18(19(24)25)21-8-5-11-23(13-12-21)28(26,27)22-9-3-2-4-10-22/h6-7,14,18H,2-5,8-13H2,1H3,(H,24,25). The highest BCUT2D eigenvalue weighted by Gasteiger charge is 2.35. The summed E-state index contributed by atoms with van der Waals surface area (Å²) in [6.45, 7) is 4.13. The molecule has 2 fully saturated rings. The summed E-state index contributed by atoms with van der Waals surface area (Å²) in [6, 6.07) is 3.41. The monoisotopic (exact) mass is 413 g/mol. The lowest BCUT2D eigenvalue weighted by atomic mass is 10.0. The molecular weight excluding hydrogens is 385 g/mol. The zero-order valence-corrected chi connectivity index (χ0v) is 17.0. The van der Waals surface area contributed by atoms with Crippen LogP contribution in [-0.2, 0) is 15.0 Å². The molecule has 9 heteroatoms. The Morgan fingerprint density at radius 2 is 1.64 bits per heavy atom. The van der Waals surface area contributed by atoms with Crippen LogP contribution in [0.4, 0.5) is 4.39 Å². The first-order valence-electron chi connectivity index (χ1n) is 9.79. The summed E-state index contributed by atoms with van der Waals surface area (Å²) in [4.78, 5) is 13.7. The molecule has 28 heavy (non-hydrogen) atoms. The number of aliphatic carboxylic acids is 1. The Morgan fingerprint density at radius 3 is 2.29 bits per heavy atom. The summed E-state index contributed by atoms with van der Waals surface area (Å²) in [5, 5.41) is 9.79. The van der Waals surface area contributed by atoms with Crippen LogP contribution in [0.5, 0.6) is 0 Å². The van der Waals surface area contributed by atoms with Crippen LogP contribution < -0.4 is 0 Å². The number of halogens is 1. The van der Waals surface area contributed by atoms with E-state index < -0.39 is 22.2 Å². The molecule has 1 atom stereocenters. The second kappa shape index (κ2) is 8.86. The van der Waals surface area contributed by atoms with E-state index in [4.69, 9.17) is 0 Å². The van der Waals surface area contributed by atoms with E-state index in [1.54, 1.807) is 22.2 Å². The van der Waals surface area contributed by atoms with Gasteiger partial charge in [0, 0.05) is 39.3 Å². The Bertz CT molecular complexity index is 811. The molecule has 0 spiro atoms. The molecule has 7 nitrogen and oxygen atoms in total. The van der Waals surface area contributed by atoms with E-state index in [2.05, 4.69) is 0 Å². The lowest BCUT2D eigenvalue weighted by Gasteiger charge is -2.32. The first-order chi connectivity index (χ1) is 13.3. The van der Waals surface area contributed by atoms with E-state index in [1.807, 2.05) is 0 Å². The van der Waals surface area contributed by atoms with Crippen molar-refractivity contribution in [1.29, 1.82) is 0 Å². The molecule has 0 saturated carbocycles. The molecule has 1 aromatic carbocycles. The largest absolute Gasteiger partial charge is 0.480 e. The molecular formula is C19H28FN3O4S. The summed E-state index contributed by atoms with van der Waals surface area (Å²) in [7, 11) is -3.51. The molecule has 1 aromatic rings. The van der Waals surface area contributed by atoms with Gasteiger partial charge in [-0.1, -0.05) is 18.6 Å². The van der Waals surface area contributed by atoms with Crippen LogP contribution >= 0.6 is 0 Å². The molecule has 3 rings (SSSR count). The summed E-state index contributed by atoms with van der Waals surface area (Å²) in [5.41, 5.74) is 0.909. The maximum absolute atomic E-state index is 13.6. The molecule has 0 aromatic heterocycles. The maximum atomic E-state index is 13.6. The average Bonchev–Trinajstić information content (AvgIpc) is 2.92. The van der Waals surface area contributed by atoms with E-state index in [0.29, 0.717) is 50.3 Å². The molecule has 0 bridgehead atoms. The number of carboxylic acid groups (broad SMARTS) is 1. The second-order valence-corrected chi connectivity index (χ2v) is 9.43. The minimum Gasteiger partial charge on any atom is -0.480 e. The van der Waals surface area contributed by atoms with Crippen molar-refractivity contribution in [3.63, 3.8) is 0 Å². The van der Waals surface area contributed by atoms with Crippen molar-refractivity contribution in [2.45, 2.75) is 38.6 Å². The highest BCUT2D eigenvalue weighted by Crippen LogP contribution is 2.26. The number of benzene rings is 1. The Balaban J connectivity index is 1.75. The minimum atomic E-state index is -3.51. The normalized spacial score (nSPS) is 21.9. The Hall–Kier alpha value is -1.55. The smallest absolute Gasteiger partial charge is 0.325 e. The summed E-state index contributed by atoms with van der Waals surface area (Å²) >= 11 is 0. The Kier molecular flexibility index (Phi) is 6.69. The molecule has 2 aliphatic rings. The van der Waals surface area contributed by atoms with Gasteiger partial charge < -0.3 is 5.11 Å². The molecule has 2 saturated heterocycles. The fourth-order valence-electron chi connectivity index (χ4n) is 4.01. The number of carbonyl (C=O) groups is 1. The van der Waals surface area contributed by atoms with Gasteiger partial charge in [-0.25, -0.2) is 4.39 Å². The van der Waals surface area contributed by atoms with Crippen LogP contribution in [0, 0.1) is 12.7 Å². The van der Waals surface area contributed by atoms with Crippen molar-refractivity contribution >= 4 is 16.2 Å². The Morgan fingerprint density at radius 1 is 1.00 bits per heavy atom. The van der Waals surface area contributed by atoms with Gasteiger partial charge in [0.15, 0.2) is 0 Å². The van der Waals surface area contributed by atoms with Crippen molar-refractivity contribution in [3.8, 4) is 0 Å². The van der Waals surface area contributed by atoms with E-state index in [9.17, 15) is 22.7 Å². The predicted molar refractivity (Wildman–Crippen MR) is 104 cm³/mol. The SMILES string of the molecule is Cc1cc(C(C(=O)O)N2CCCN(S(=O)(=O)N3CCCCC3)CC2)ccc1F. The average molecular weight is 414 g/mol. The minimum absolute atomic E-state index is 0.253. The third-order valence-corrected chi connectivity index (χ3v) is 7.59. The molecule has 2 aliphatic heterocycles. The van der Waals surface area contributed by atoms with E-state index in [0.717, 1.165) is 19.3 Å². The van der Waals surface area contributed by atoms with Crippen LogP contribution in [0.2, 0.25) is 0 Å². The van der Waals surface area contributed by atoms with Crippen molar-refractivity contribution in [2.24, 2.45) is 0 Å². The van der Waals surface area contributed by atoms with Crippen molar-refractivity contribution < 1.29 is 22.7 Å². The van der Waals surface area contributed by atoms with Gasteiger partial charge in [-0.2, -0.15) is 17.0 Å². The van der Waals surface area contributed by atoms with Gasteiger partial charge in [0.25, 0.3) is 10.2 Å². The van der Waals surface area contributed by atoms with Gasteiger partial charge in [0.05, 0.1) is 0 Å². The van der Waals surface area contributed by atoms with Crippen LogP contribution in [0.25, 0.3) is 0 Å². The molecule has 2 heterocycles. The maximum Gasteiger partial charge on any atom is 0.325 e. The lowest BCUT2D eigenvalue weighted by molar-refractivity contribution is -0.143. The van der Waals surface area contributed by atoms with Crippen LogP contribution in [0.15, 0.2) is 18.2 Å². The zero-order valence-electron chi connectivity index (χ0n) is 16.2. The van der Waals surface area contributed by atoms with Crippen LogP contribution in [0.1, 0.15) is 42.9 Å². The number of hydrogen-bond donors (Lipinski definition) is 1. The number of hydrogen-bond acceptors (Lipinski definition) is 4. The van der Waals surface area contributed by atoms with Gasteiger partial charge in [-0.05, 0) is 43.4 Å². The number of nitrogens with zero attached hydrogens (tertiary/aromatic N) is 3. The zero-order chi connectivity index (χ0) is 20.3. The van der Waals surface area contributed by atoms with Crippen LogP contribution in [-0.4, -0.2) is 72.3 Å². The van der Waals surface area contributed by atoms with E-state index in [1.165, 1.54) is 16.4 Å². The van der Waals surface area contributed by atoms with Gasteiger partial charge in [-0.15, -0.1) is 0 Å². The van der Waals surface area contributed by atoms with Gasteiger partial charge in [-0.3, -0.25) is 9.69 Å². The van der Waals surface area contributed by atoms with Crippen molar-refractivity contribution in [1.82, 2.24) is 13.5 Å². The van der Waals surface area contributed by atoms with E-state index in [-0.39, 0.29) is 12.4 Å². The number of aryl methyl sites for hydroxylation is 1. The fraction of sp³-hybridized carbons (Fsp3) is 0.632. The van der Waals surface area contributed by atoms with E-state index >= 15 is 0 Å². The first-order valence-corrected chi connectivity index (χ1v) is 11.2. The summed E-state index contributed by atoms with van der Waals surface area (Å²) in [5.74, 6) is -1.39. The third kappa shape index (κ3) is 4.53. The number of rotatable bonds is 5. The molecule has 1 N–H and O–H groups in total. The quantitative estimate of drug-likeness (QED) is 0.799. The molecule has 1 unspecified atom stereocenters. The first kappa shape index (κ1) is 21.2. The fourth-order valence-corrected chi connectivity index (χ4v) is 5.73. The summed E-state index contributed by atoms with van der Waals surface area (Å²) < 4.78 is 42.5.